The molecule has 404 valence electrons. The van der Waals surface area contributed by atoms with Crippen LogP contribution in [0.1, 0.15) is 96.0 Å². The molecule has 83 heavy (non-hydrogen) atoms. The van der Waals surface area contributed by atoms with E-state index in [-0.39, 0.29) is 52.6 Å². The standard InChI is InChI=1S/C60H42N2O4.C13H18O3.Na/c1-59(2)49-14-7-5-10-38(49)40-22-20-35(30-51(40)59)62(36-21-23-41-39-11-6-8-15-50(39)60(3,4)52(41)31-36)34-18-16-33(17-19-34)37-24-25-44-46-27-29-48-56-47(57(65)61(58(48)66)32-53(63)64)28-26-45(55(46)56)43-13-9-12-42(37)54(43)44;1-2-3-8-16-13-6-4-11(5-7-13)9-12(15)10-14;/h5-31H,32H2,1-4H3,(H,63,64);4-7,14H,2-3,8-10H2,1H3;/q;;+1. The van der Waals surface area contributed by atoms with Gasteiger partial charge in [0.25, 0.3) is 11.8 Å². The number of carboxylic acid groups (broad SMARTS) is 1. The van der Waals surface area contributed by atoms with Gasteiger partial charge in [-0.2, -0.15) is 0 Å². The van der Waals surface area contributed by atoms with Crippen molar-refractivity contribution in [1.29, 1.82) is 0 Å². The zero-order chi connectivity index (χ0) is 56.8. The molecule has 11 aromatic carbocycles. The van der Waals surface area contributed by atoms with Crippen LogP contribution in [0.2, 0.25) is 0 Å². The molecule has 0 saturated carbocycles. The summed E-state index contributed by atoms with van der Waals surface area (Å²) < 4.78 is 5.50. The second-order valence-electron chi connectivity index (χ2n) is 23.0. The minimum absolute atomic E-state index is 0. The fraction of sp³-hybridized carbons (Fsp3) is 0.178. The van der Waals surface area contributed by atoms with Gasteiger partial charge in [0.1, 0.15) is 18.9 Å². The summed E-state index contributed by atoms with van der Waals surface area (Å²) in [5.74, 6) is -1.75. The van der Waals surface area contributed by atoms with Crippen LogP contribution in [0, 0.1) is 0 Å². The number of ketones is 1. The summed E-state index contributed by atoms with van der Waals surface area (Å²) in [5.41, 5.74) is 17.3. The zero-order valence-electron chi connectivity index (χ0n) is 47.5. The number of amides is 2. The van der Waals surface area contributed by atoms with Crippen molar-refractivity contribution in [2.24, 2.45) is 0 Å². The smallest absolute Gasteiger partial charge is 0.494 e. The molecule has 2 N–H and O–H groups in total. The summed E-state index contributed by atoms with van der Waals surface area (Å²) in [4.78, 5) is 53.1. The Labute approximate surface area is 504 Å². The Morgan fingerprint density at radius 2 is 0.988 bits per heavy atom. The fourth-order valence-electron chi connectivity index (χ4n) is 13.3. The molecule has 14 rings (SSSR count). The van der Waals surface area contributed by atoms with E-state index in [1.165, 1.54) is 44.5 Å². The van der Waals surface area contributed by atoms with Crippen molar-refractivity contribution in [1.82, 2.24) is 4.90 Å². The molecule has 2 aliphatic carbocycles. The third-order valence-electron chi connectivity index (χ3n) is 17.4. The van der Waals surface area contributed by atoms with E-state index in [1.807, 2.05) is 36.4 Å². The van der Waals surface area contributed by atoms with Crippen molar-refractivity contribution in [3.05, 3.63) is 227 Å². The Morgan fingerprint density at radius 1 is 0.506 bits per heavy atom. The molecule has 10 heteroatoms. The molecule has 0 spiro atoms. The molecular formula is C73H60N2NaO7+. The number of anilines is 3. The summed E-state index contributed by atoms with van der Waals surface area (Å²) in [7, 11) is 0. The third-order valence-corrected chi connectivity index (χ3v) is 17.4. The Hall–Kier alpha value is -8.44. The number of imide groups is 1. The first kappa shape index (κ1) is 55.1. The van der Waals surface area contributed by atoms with Crippen LogP contribution in [0.15, 0.2) is 188 Å². The molecule has 0 unspecified atom stereocenters. The van der Waals surface area contributed by atoms with Crippen molar-refractivity contribution in [2.45, 2.75) is 64.7 Å². The van der Waals surface area contributed by atoms with Crippen molar-refractivity contribution in [3.8, 4) is 39.1 Å². The number of ether oxygens (including phenoxy) is 1. The third kappa shape index (κ3) is 9.09. The minimum Gasteiger partial charge on any atom is -0.494 e. The molecule has 0 aromatic heterocycles. The molecule has 3 aliphatic rings. The predicted molar refractivity (Wildman–Crippen MR) is 329 cm³/mol. The van der Waals surface area contributed by atoms with Crippen molar-refractivity contribution in [2.75, 3.05) is 24.7 Å². The number of aliphatic hydroxyl groups is 1. The number of Topliss-reactive ketones (excluding diaryl/α,β-unsaturated/α-hetero) is 1. The second kappa shape index (κ2) is 21.4. The molecule has 9 nitrogen and oxygen atoms in total. The topological polar surface area (TPSA) is 124 Å². The van der Waals surface area contributed by atoms with Crippen LogP contribution >= 0.6 is 0 Å². The van der Waals surface area contributed by atoms with Crippen molar-refractivity contribution in [3.63, 3.8) is 0 Å². The summed E-state index contributed by atoms with van der Waals surface area (Å²) >= 11 is 0. The van der Waals surface area contributed by atoms with Gasteiger partial charge in [-0.15, -0.1) is 0 Å². The zero-order valence-corrected chi connectivity index (χ0v) is 49.5. The largest absolute Gasteiger partial charge is 1.00 e. The summed E-state index contributed by atoms with van der Waals surface area (Å²) in [6.07, 6.45) is 2.44. The molecule has 0 saturated heterocycles. The number of nitrogens with zero attached hydrogens (tertiary/aromatic N) is 2. The van der Waals surface area contributed by atoms with Crippen molar-refractivity contribution < 1.29 is 63.7 Å². The monoisotopic (exact) mass is 1100 g/mol. The number of carbonyl (C=O) groups is 4. The predicted octanol–water partition coefficient (Wildman–Crippen LogP) is 13.1. The van der Waals surface area contributed by atoms with Crippen LogP contribution in [-0.4, -0.2) is 58.4 Å². The van der Waals surface area contributed by atoms with E-state index in [0.717, 1.165) is 102 Å². The Morgan fingerprint density at radius 3 is 1.53 bits per heavy atom. The number of aliphatic carboxylic acids is 1. The molecule has 2 amide bonds. The molecule has 1 aliphatic heterocycles. The normalized spacial score (nSPS) is 14.0. The Balaban J connectivity index is 0.000000349. The van der Waals surface area contributed by atoms with E-state index < -0.39 is 30.9 Å². The van der Waals surface area contributed by atoms with E-state index in [1.54, 1.807) is 12.1 Å². The van der Waals surface area contributed by atoms with Crippen molar-refractivity contribution >= 4 is 83.7 Å². The van der Waals surface area contributed by atoms with Crippen LogP contribution in [0.4, 0.5) is 17.1 Å². The number of hydrogen-bond donors (Lipinski definition) is 2. The van der Waals surface area contributed by atoms with Gasteiger partial charge in [-0.3, -0.25) is 24.1 Å². The second-order valence-corrected chi connectivity index (χ2v) is 23.0. The first-order valence-corrected chi connectivity index (χ1v) is 28.2. The average molecular weight is 1100 g/mol. The van der Waals surface area contributed by atoms with Crippen LogP contribution < -0.4 is 39.2 Å². The number of carbonyl (C=O) groups excluding carboxylic acids is 3. The molecular weight excluding hydrogens is 1040 g/mol. The van der Waals surface area contributed by atoms with Gasteiger partial charge in [0, 0.05) is 50.8 Å². The van der Waals surface area contributed by atoms with Crippen LogP contribution in [0.5, 0.6) is 5.75 Å². The number of aliphatic hydroxyl groups excluding tert-OH is 1. The molecule has 1 heterocycles. The Bertz CT molecular complexity index is 4270. The van der Waals surface area contributed by atoms with Crippen LogP contribution in [-0.2, 0) is 26.8 Å². The van der Waals surface area contributed by atoms with Gasteiger partial charge in [-0.25, -0.2) is 0 Å². The van der Waals surface area contributed by atoms with E-state index >= 15 is 0 Å². The van der Waals surface area contributed by atoms with E-state index in [4.69, 9.17) is 9.84 Å². The molecule has 11 aromatic rings. The van der Waals surface area contributed by atoms with Gasteiger partial charge in [-0.1, -0.05) is 168 Å². The van der Waals surface area contributed by atoms with Gasteiger partial charge in [0.2, 0.25) is 0 Å². The molecule has 0 fully saturated rings. The average Bonchev–Trinajstić information content (AvgIpc) is 1.87. The Kier molecular flexibility index (Phi) is 14.2. The summed E-state index contributed by atoms with van der Waals surface area (Å²) in [6, 6.07) is 66.0. The molecule has 0 atom stereocenters. The SMILES string of the molecule is CC1(C)c2ccccc2-c2ccc(N(c3ccc(-c4ccc5c6ccc7c8c(ccc(c9cccc4c95)c86)C(=O)N(CC(=O)O)C7=O)cc3)c3ccc4c(c3)C(C)(C)c3ccccc3-4)cc21.CCCCOc1ccc(CC(=O)CO)cc1.[Na+]. The maximum atomic E-state index is 13.6. The summed E-state index contributed by atoms with van der Waals surface area (Å²) in [5, 5.41) is 25.7. The minimum atomic E-state index is -1.24. The first-order chi connectivity index (χ1) is 39.7. The fourth-order valence-corrected chi connectivity index (χ4v) is 13.3. The molecule has 0 bridgehead atoms. The number of hydrogen-bond acceptors (Lipinski definition) is 7. The number of rotatable bonds is 13. The quantitative estimate of drug-likeness (QED) is 0.0385. The number of benzene rings is 11. The maximum Gasteiger partial charge on any atom is 1.00 e. The van der Waals surface area contributed by atoms with Gasteiger partial charge >= 0.3 is 35.5 Å². The number of fused-ring (bicyclic) bond motifs is 8. The van der Waals surface area contributed by atoms with Gasteiger partial charge in [-0.05, 0) is 166 Å². The van der Waals surface area contributed by atoms with Crippen LogP contribution in [0.3, 0.4) is 0 Å². The molecule has 0 radical (unpaired) electrons. The maximum absolute atomic E-state index is 13.6. The van der Waals surface area contributed by atoms with E-state index in [0.29, 0.717) is 16.5 Å². The van der Waals surface area contributed by atoms with Gasteiger partial charge in [0.15, 0.2) is 5.78 Å². The van der Waals surface area contributed by atoms with Crippen LogP contribution in [0.25, 0.3) is 76.5 Å². The van der Waals surface area contributed by atoms with E-state index in [9.17, 15) is 24.3 Å². The van der Waals surface area contributed by atoms with Gasteiger partial charge < -0.3 is 19.8 Å². The number of carboxylic acids is 1. The number of unbranched alkanes of at least 4 members (excludes halogenated alkanes) is 1. The summed E-state index contributed by atoms with van der Waals surface area (Å²) in [6.45, 7) is 11.1. The van der Waals surface area contributed by atoms with Gasteiger partial charge in [0.05, 0.1) is 6.61 Å². The van der Waals surface area contributed by atoms with E-state index in [2.05, 4.69) is 179 Å². The first-order valence-electron chi connectivity index (χ1n) is 28.2.